The van der Waals surface area contributed by atoms with Gasteiger partial charge in [-0.15, -0.1) is 0 Å². The molecule has 28 heavy (non-hydrogen) atoms. The third-order valence-electron chi connectivity index (χ3n) is 5.10. The van der Waals surface area contributed by atoms with E-state index in [0.717, 1.165) is 19.4 Å². The molecule has 0 spiro atoms. The van der Waals surface area contributed by atoms with E-state index in [-0.39, 0.29) is 30.4 Å². The summed E-state index contributed by atoms with van der Waals surface area (Å²) in [6.07, 6.45) is 2.92. The molecular formula is C20H25FN2O5. The zero-order valence-electron chi connectivity index (χ0n) is 15.7. The van der Waals surface area contributed by atoms with E-state index in [0.29, 0.717) is 38.0 Å². The Morgan fingerprint density at radius 1 is 1.14 bits per heavy atom. The quantitative estimate of drug-likeness (QED) is 0.742. The maximum absolute atomic E-state index is 13.0. The average Bonchev–Trinajstić information content (AvgIpc) is 3.24. The van der Waals surface area contributed by atoms with Gasteiger partial charge in [0.05, 0.1) is 12.0 Å². The third-order valence-corrected chi connectivity index (χ3v) is 5.10. The molecule has 152 valence electrons. The first kappa shape index (κ1) is 20.3. The number of carbonyl (C=O) groups excluding carboxylic acids is 3. The number of hydrogen-bond donors (Lipinski definition) is 1. The number of hydrogen-bond acceptors (Lipinski definition) is 5. The van der Waals surface area contributed by atoms with E-state index >= 15 is 0 Å². The van der Waals surface area contributed by atoms with Crippen molar-refractivity contribution in [3.8, 4) is 0 Å². The number of carbonyl (C=O) groups is 3. The van der Waals surface area contributed by atoms with Crippen molar-refractivity contribution in [2.45, 2.75) is 31.8 Å². The third kappa shape index (κ3) is 5.51. The molecule has 0 unspecified atom stereocenters. The second-order valence-electron chi connectivity index (χ2n) is 7.12. The van der Waals surface area contributed by atoms with Crippen molar-refractivity contribution in [2.24, 2.45) is 5.92 Å². The summed E-state index contributed by atoms with van der Waals surface area (Å²) >= 11 is 0. The number of piperidine rings is 1. The molecule has 0 aromatic heterocycles. The van der Waals surface area contributed by atoms with Gasteiger partial charge in [-0.05, 0) is 49.9 Å². The number of nitrogens with one attached hydrogen (secondary N) is 1. The van der Waals surface area contributed by atoms with E-state index in [1.807, 2.05) is 0 Å². The van der Waals surface area contributed by atoms with Gasteiger partial charge in [0, 0.05) is 31.8 Å². The first-order chi connectivity index (χ1) is 13.5. The van der Waals surface area contributed by atoms with Gasteiger partial charge in [-0.25, -0.2) is 4.39 Å². The summed E-state index contributed by atoms with van der Waals surface area (Å²) in [5.41, 5.74) is 0.422. The van der Waals surface area contributed by atoms with Crippen molar-refractivity contribution >= 4 is 17.8 Å². The zero-order chi connectivity index (χ0) is 19.9. The van der Waals surface area contributed by atoms with Crippen LogP contribution in [0.3, 0.4) is 0 Å². The topological polar surface area (TPSA) is 84.9 Å². The van der Waals surface area contributed by atoms with Crippen molar-refractivity contribution in [1.82, 2.24) is 10.2 Å². The minimum absolute atomic E-state index is 0.0441. The Bertz CT molecular complexity index is 695. The van der Waals surface area contributed by atoms with Crippen molar-refractivity contribution in [2.75, 3.05) is 32.8 Å². The molecule has 0 bridgehead atoms. The van der Waals surface area contributed by atoms with E-state index in [1.54, 1.807) is 4.90 Å². The van der Waals surface area contributed by atoms with Crippen LogP contribution in [0.25, 0.3) is 0 Å². The summed E-state index contributed by atoms with van der Waals surface area (Å²) in [5, 5.41) is 2.71. The molecule has 0 saturated carbocycles. The Labute approximate surface area is 163 Å². The summed E-state index contributed by atoms with van der Waals surface area (Å²) in [4.78, 5) is 38.0. The Balaban J connectivity index is 1.36. The molecule has 1 aromatic rings. The predicted molar refractivity (Wildman–Crippen MR) is 98.0 cm³/mol. The molecule has 2 heterocycles. The first-order valence-electron chi connectivity index (χ1n) is 9.62. The van der Waals surface area contributed by atoms with Crippen LogP contribution in [-0.4, -0.2) is 61.6 Å². The smallest absolute Gasteiger partial charge is 0.309 e. The molecular weight excluding hydrogens is 367 g/mol. The number of nitrogens with zero attached hydrogens (tertiary/aromatic N) is 1. The standard InChI is InChI=1S/C20H25FN2O5/c21-16-5-3-14(4-6-16)19(25)23-9-7-15(8-10-23)20(26)28-13-18(24)22-12-17-2-1-11-27-17/h3-6,15,17H,1-2,7-13H2,(H,22,24)/t17-/m0/s1. The maximum atomic E-state index is 13.0. The number of likely N-dealkylation sites (tertiary alicyclic amines) is 1. The molecule has 2 aliphatic heterocycles. The number of ether oxygens (including phenoxy) is 2. The number of esters is 1. The van der Waals surface area contributed by atoms with Crippen molar-refractivity contribution in [3.05, 3.63) is 35.6 Å². The summed E-state index contributed by atoms with van der Waals surface area (Å²) in [6.45, 7) is 1.68. The fourth-order valence-electron chi connectivity index (χ4n) is 3.43. The Hall–Kier alpha value is -2.48. The average molecular weight is 392 g/mol. The van der Waals surface area contributed by atoms with E-state index in [2.05, 4.69) is 5.32 Å². The van der Waals surface area contributed by atoms with Gasteiger partial charge in [0.15, 0.2) is 6.61 Å². The van der Waals surface area contributed by atoms with Crippen molar-refractivity contribution in [3.63, 3.8) is 0 Å². The van der Waals surface area contributed by atoms with Crippen LogP contribution < -0.4 is 5.32 Å². The molecule has 0 aliphatic carbocycles. The fraction of sp³-hybridized carbons (Fsp3) is 0.550. The molecule has 2 aliphatic rings. The lowest BCUT2D eigenvalue weighted by molar-refractivity contribution is -0.154. The minimum atomic E-state index is -0.416. The van der Waals surface area contributed by atoms with Gasteiger partial charge in [0.1, 0.15) is 5.82 Å². The minimum Gasteiger partial charge on any atom is -0.455 e. The molecule has 8 heteroatoms. The summed E-state index contributed by atoms with van der Waals surface area (Å²) < 4.78 is 23.5. The van der Waals surface area contributed by atoms with Crippen LogP contribution in [0.1, 0.15) is 36.0 Å². The van der Waals surface area contributed by atoms with Crippen LogP contribution in [-0.2, 0) is 19.1 Å². The van der Waals surface area contributed by atoms with Crippen LogP contribution in [0, 0.1) is 11.7 Å². The van der Waals surface area contributed by atoms with Gasteiger partial charge in [-0.3, -0.25) is 14.4 Å². The van der Waals surface area contributed by atoms with E-state index in [9.17, 15) is 18.8 Å². The summed E-state index contributed by atoms with van der Waals surface area (Å²) in [7, 11) is 0. The first-order valence-corrected chi connectivity index (χ1v) is 9.62. The molecule has 2 saturated heterocycles. The van der Waals surface area contributed by atoms with Gasteiger partial charge in [0.2, 0.25) is 0 Å². The van der Waals surface area contributed by atoms with Crippen LogP contribution in [0.4, 0.5) is 4.39 Å². The van der Waals surface area contributed by atoms with E-state index in [1.165, 1.54) is 24.3 Å². The van der Waals surface area contributed by atoms with Crippen molar-refractivity contribution < 1.29 is 28.2 Å². The monoisotopic (exact) mass is 392 g/mol. The van der Waals surface area contributed by atoms with Gasteiger partial charge in [-0.1, -0.05) is 0 Å². The lowest BCUT2D eigenvalue weighted by Crippen LogP contribution is -2.41. The van der Waals surface area contributed by atoms with Crippen LogP contribution in [0.5, 0.6) is 0 Å². The molecule has 1 N–H and O–H groups in total. The highest BCUT2D eigenvalue weighted by Crippen LogP contribution is 2.20. The maximum Gasteiger partial charge on any atom is 0.309 e. The molecule has 2 amide bonds. The SMILES string of the molecule is O=C(COC(=O)C1CCN(C(=O)c2ccc(F)cc2)CC1)NC[C@@H]1CCCO1. The second-order valence-corrected chi connectivity index (χ2v) is 7.12. The number of halogens is 1. The summed E-state index contributed by atoms with van der Waals surface area (Å²) in [5.74, 6) is -1.66. The van der Waals surface area contributed by atoms with Gasteiger partial charge in [-0.2, -0.15) is 0 Å². The Morgan fingerprint density at radius 2 is 1.86 bits per heavy atom. The van der Waals surface area contributed by atoms with Gasteiger partial charge >= 0.3 is 5.97 Å². The second kappa shape index (κ2) is 9.64. The number of benzene rings is 1. The van der Waals surface area contributed by atoms with Crippen LogP contribution in [0.15, 0.2) is 24.3 Å². The van der Waals surface area contributed by atoms with Gasteiger partial charge in [0.25, 0.3) is 11.8 Å². The zero-order valence-corrected chi connectivity index (χ0v) is 15.7. The largest absolute Gasteiger partial charge is 0.455 e. The predicted octanol–water partition coefficient (Wildman–Crippen LogP) is 1.52. The molecule has 0 radical (unpaired) electrons. The highest BCUT2D eigenvalue weighted by atomic mass is 19.1. The van der Waals surface area contributed by atoms with Gasteiger partial charge < -0.3 is 19.7 Å². The highest BCUT2D eigenvalue weighted by molar-refractivity contribution is 5.94. The van der Waals surface area contributed by atoms with E-state index < -0.39 is 11.8 Å². The molecule has 2 fully saturated rings. The number of rotatable bonds is 6. The van der Waals surface area contributed by atoms with Crippen LogP contribution in [0.2, 0.25) is 0 Å². The normalized spacial score (nSPS) is 20.0. The van der Waals surface area contributed by atoms with Crippen LogP contribution >= 0.6 is 0 Å². The molecule has 7 nitrogen and oxygen atoms in total. The molecule has 3 rings (SSSR count). The lowest BCUT2D eigenvalue weighted by atomic mass is 9.96. The Morgan fingerprint density at radius 3 is 2.50 bits per heavy atom. The number of amides is 2. The fourth-order valence-corrected chi connectivity index (χ4v) is 3.43. The molecule has 1 atom stereocenters. The molecule has 1 aromatic carbocycles. The summed E-state index contributed by atoms with van der Waals surface area (Å²) in [6, 6.07) is 5.41. The Kier molecular flexibility index (Phi) is 6.97. The highest BCUT2D eigenvalue weighted by Gasteiger charge is 2.29. The van der Waals surface area contributed by atoms with E-state index in [4.69, 9.17) is 9.47 Å². The van der Waals surface area contributed by atoms with Crippen molar-refractivity contribution in [1.29, 1.82) is 0 Å². The lowest BCUT2D eigenvalue weighted by Gasteiger charge is -2.31.